The zero-order valence-corrected chi connectivity index (χ0v) is 24.4. The largest absolute Gasteiger partial charge is 0.417 e. The highest BCUT2D eigenvalue weighted by atomic mass is 35.5. The van der Waals surface area contributed by atoms with Crippen LogP contribution in [0.2, 0.25) is 5.02 Å². The number of carbonyl (C=O) groups excluding carboxylic acids is 2. The van der Waals surface area contributed by atoms with Crippen LogP contribution in [0.15, 0.2) is 77.7 Å². The highest BCUT2D eigenvalue weighted by Crippen LogP contribution is 2.38. The average molecular weight is 610 g/mol. The van der Waals surface area contributed by atoms with Gasteiger partial charge in [0.2, 0.25) is 11.8 Å². The number of sulfonamides is 1. The van der Waals surface area contributed by atoms with E-state index in [0.29, 0.717) is 16.9 Å². The van der Waals surface area contributed by atoms with Crippen molar-refractivity contribution in [3.8, 4) is 0 Å². The SMILES string of the molecule is CCNC(=O)[C@H](CC)N(Cc1ccccc1C)C(=O)CN(c1ccc(Cl)c(C(F)(F)F)c1)S(=O)(=O)c1ccccc1. The first-order valence-electron chi connectivity index (χ1n) is 12.9. The summed E-state index contributed by atoms with van der Waals surface area (Å²) in [7, 11) is -4.53. The van der Waals surface area contributed by atoms with E-state index < -0.39 is 56.9 Å². The Kier molecular flexibility index (Phi) is 10.4. The molecule has 220 valence electrons. The second-order valence-electron chi connectivity index (χ2n) is 9.25. The molecule has 1 atom stereocenters. The molecule has 0 saturated carbocycles. The second kappa shape index (κ2) is 13.4. The van der Waals surface area contributed by atoms with Crippen LogP contribution < -0.4 is 9.62 Å². The van der Waals surface area contributed by atoms with E-state index in [1.807, 2.05) is 19.1 Å². The lowest BCUT2D eigenvalue weighted by molar-refractivity contribution is -0.140. The zero-order chi connectivity index (χ0) is 30.4. The van der Waals surface area contributed by atoms with E-state index in [4.69, 9.17) is 11.6 Å². The molecule has 3 aromatic carbocycles. The summed E-state index contributed by atoms with van der Waals surface area (Å²) in [6.07, 6.45) is -4.66. The summed E-state index contributed by atoms with van der Waals surface area (Å²) < 4.78 is 69.4. The quantitative estimate of drug-likeness (QED) is 0.297. The van der Waals surface area contributed by atoms with Crippen molar-refractivity contribution in [2.24, 2.45) is 0 Å². The number of anilines is 1. The maximum absolute atomic E-state index is 14.0. The van der Waals surface area contributed by atoms with E-state index >= 15 is 0 Å². The van der Waals surface area contributed by atoms with Crippen LogP contribution in [-0.2, 0) is 32.3 Å². The second-order valence-corrected chi connectivity index (χ2v) is 11.5. The van der Waals surface area contributed by atoms with Crippen LogP contribution in [0.5, 0.6) is 0 Å². The van der Waals surface area contributed by atoms with Crippen molar-refractivity contribution in [2.75, 3.05) is 17.4 Å². The fraction of sp³-hybridized carbons (Fsp3) is 0.310. The Morgan fingerprint density at radius 3 is 2.20 bits per heavy atom. The molecule has 3 rings (SSSR count). The van der Waals surface area contributed by atoms with Gasteiger partial charge in [0.25, 0.3) is 10.0 Å². The molecule has 0 aliphatic heterocycles. The van der Waals surface area contributed by atoms with Gasteiger partial charge in [-0.2, -0.15) is 13.2 Å². The lowest BCUT2D eigenvalue weighted by Gasteiger charge is -2.33. The maximum atomic E-state index is 14.0. The lowest BCUT2D eigenvalue weighted by atomic mass is 10.1. The first-order chi connectivity index (χ1) is 19.3. The smallest absolute Gasteiger partial charge is 0.355 e. The Hall–Kier alpha value is -3.57. The van der Waals surface area contributed by atoms with Crippen LogP contribution >= 0.6 is 11.6 Å². The number of aryl methyl sites for hydroxylation is 1. The molecule has 1 N–H and O–H groups in total. The Balaban J connectivity index is 2.15. The molecule has 0 saturated heterocycles. The molecule has 0 spiro atoms. The van der Waals surface area contributed by atoms with E-state index in [1.165, 1.54) is 29.2 Å². The van der Waals surface area contributed by atoms with Gasteiger partial charge in [0.15, 0.2) is 0 Å². The summed E-state index contributed by atoms with van der Waals surface area (Å²) in [6, 6.07) is 16.0. The van der Waals surface area contributed by atoms with Crippen molar-refractivity contribution in [2.45, 2.75) is 50.9 Å². The van der Waals surface area contributed by atoms with Crippen molar-refractivity contribution in [1.29, 1.82) is 0 Å². The molecule has 0 aliphatic rings. The molecule has 0 unspecified atom stereocenters. The fourth-order valence-corrected chi connectivity index (χ4v) is 5.97. The molecule has 3 aromatic rings. The van der Waals surface area contributed by atoms with Gasteiger partial charge in [-0.3, -0.25) is 13.9 Å². The average Bonchev–Trinajstić information content (AvgIpc) is 2.93. The van der Waals surface area contributed by atoms with Crippen LogP contribution in [-0.4, -0.2) is 44.3 Å². The van der Waals surface area contributed by atoms with E-state index in [0.717, 1.165) is 23.3 Å². The molecule has 0 bridgehead atoms. The van der Waals surface area contributed by atoms with Gasteiger partial charge in [-0.05, 0) is 61.7 Å². The summed E-state index contributed by atoms with van der Waals surface area (Å²) in [6.45, 7) is 4.70. The minimum atomic E-state index is -4.87. The number of alkyl halides is 3. The van der Waals surface area contributed by atoms with Gasteiger partial charge in [0, 0.05) is 13.1 Å². The molecule has 0 fully saturated rings. The van der Waals surface area contributed by atoms with Crippen LogP contribution in [0, 0.1) is 6.92 Å². The lowest BCUT2D eigenvalue weighted by Crippen LogP contribution is -2.52. The number of benzene rings is 3. The molecular weight excluding hydrogens is 579 g/mol. The highest BCUT2D eigenvalue weighted by molar-refractivity contribution is 7.92. The third kappa shape index (κ3) is 7.59. The summed E-state index contributed by atoms with van der Waals surface area (Å²) >= 11 is 5.80. The normalized spacial score (nSPS) is 12.5. The van der Waals surface area contributed by atoms with E-state index in [2.05, 4.69) is 5.32 Å². The predicted octanol–water partition coefficient (Wildman–Crippen LogP) is 5.81. The summed E-state index contributed by atoms with van der Waals surface area (Å²) in [5.74, 6) is -1.20. The molecule has 41 heavy (non-hydrogen) atoms. The van der Waals surface area contributed by atoms with E-state index in [9.17, 15) is 31.2 Å². The Bertz CT molecular complexity index is 1480. The Morgan fingerprint density at radius 2 is 1.61 bits per heavy atom. The van der Waals surface area contributed by atoms with Crippen molar-refractivity contribution >= 4 is 39.1 Å². The molecule has 0 aliphatic carbocycles. The maximum Gasteiger partial charge on any atom is 0.417 e. The van der Waals surface area contributed by atoms with Gasteiger partial charge in [-0.15, -0.1) is 0 Å². The third-order valence-corrected chi connectivity index (χ3v) is 8.61. The van der Waals surface area contributed by atoms with Crippen molar-refractivity contribution < 1.29 is 31.2 Å². The third-order valence-electron chi connectivity index (χ3n) is 6.49. The van der Waals surface area contributed by atoms with E-state index in [-0.39, 0.29) is 17.9 Å². The van der Waals surface area contributed by atoms with Crippen molar-refractivity contribution in [3.05, 3.63) is 94.5 Å². The Morgan fingerprint density at radius 1 is 0.976 bits per heavy atom. The number of halogens is 4. The molecular formula is C29H31ClF3N3O4S. The van der Waals surface area contributed by atoms with Crippen LogP contribution in [0.25, 0.3) is 0 Å². The summed E-state index contributed by atoms with van der Waals surface area (Å²) in [5, 5.41) is 2.08. The number of likely N-dealkylation sites (N-methyl/N-ethyl adjacent to an activating group) is 1. The number of rotatable bonds is 11. The number of hydrogen-bond acceptors (Lipinski definition) is 4. The number of hydrogen-bond donors (Lipinski definition) is 1. The number of nitrogens with zero attached hydrogens (tertiary/aromatic N) is 2. The van der Waals surface area contributed by atoms with Gasteiger partial charge in [-0.25, -0.2) is 8.42 Å². The van der Waals surface area contributed by atoms with Gasteiger partial charge in [-0.1, -0.05) is 61.0 Å². The molecule has 7 nitrogen and oxygen atoms in total. The van der Waals surface area contributed by atoms with Crippen LogP contribution in [0.3, 0.4) is 0 Å². The minimum Gasteiger partial charge on any atom is -0.355 e. The Labute approximate surface area is 243 Å². The zero-order valence-electron chi connectivity index (χ0n) is 22.8. The number of amides is 2. The number of nitrogens with one attached hydrogen (secondary N) is 1. The summed E-state index contributed by atoms with van der Waals surface area (Å²) in [5.41, 5.74) is -0.0759. The monoisotopic (exact) mass is 609 g/mol. The van der Waals surface area contributed by atoms with Gasteiger partial charge >= 0.3 is 6.18 Å². The highest BCUT2D eigenvalue weighted by Gasteiger charge is 2.37. The molecule has 0 radical (unpaired) electrons. The summed E-state index contributed by atoms with van der Waals surface area (Å²) in [4.78, 5) is 28.0. The van der Waals surface area contributed by atoms with Gasteiger partial charge in [0.05, 0.1) is 21.2 Å². The standard InChI is InChI=1S/C29H31ClF3N3O4S/c1-4-26(28(38)34-5-2)35(18-21-12-10-9-11-20(21)3)27(37)19-36(41(39,40)23-13-7-6-8-14-23)22-15-16-25(30)24(17-22)29(31,32)33/h6-17,26H,4-5,18-19H2,1-3H3,(H,34,38)/t26-/m0/s1. The minimum absolute atomic E-state index is 0.0191. The van der Waals surface area contributed by atoms with Gasteiger partial charge < -0.3 is 10.2 Å². The van der Waals surface area contributed by atoms with Crippen LogP contribution in [0.1, 0.15) is 37.0 Å². The molecule has 2 amide bonds. The molecule has 12 heteroatoms. The molecule has 0 aromatic heterocycles. The first kappa shape index (κ1) is 32.0. The van der Waals surface area contributed by atoms with E-state index in [1.54, 1.807) is 32.0 Å². The first-order valence-corrected chi connectivity index (χ1v) is 14.7. The fourth-order valence-electron chi connectivity index (χ4n) is 4.32. The number of carbonyl (C=O) groups is 2. The molecule has 0 heterocycles. The van der Waals surface area contributed by atoms with Gasteiger partial charge in [0.1, 0.15) is 12.6 Å². The predicted molar refractivity (Wildman–Crippen MR) is 152 cm³/mol. The topological polar surface area (TPSA) is 86.8 Å². The van der Waals surface area contributed by atoms with Crippen LogP contribution in [0.4, 0.5) is 18.9 Å². The van der Waals surface area contributed by atoms with Crippen molar-refractivity contribution in [1.82, 2.24) is 10.2 Å². The van der Waals surface area contributed by atoms with Crippen molar-refractivity contribution in [3.63, 3.8) is 0 Å².